The topological polar surface area (TPSA) is 12.0 Å². The predicted octanol–water partition coefficient (Wildman–Crippen LogP) is 3.54. The molecule has 2 rings (SSSR count). The Kier molecular flexibility index (Phi) is 1.91. The largest absolute Gasteiger partial charge is 0.381 e. The number of para-hydroxylation sites is 1. The van der Waals surface area contributed by atoms with E-state index in [1.165, 1.54) is 15.7 Å². The van der Waals surface area contributed by atoms with Gasteiger partial charge in [-0.1, -0.05) is 26.0 Å². The van der Waals surface area contributed by atoms with E-state index < -0.39 is 0 Å². The summed E-state index contributed by atoms with van der Waals surface area (Å²) in [6.45, 7) is 6.79. The molecule has 0 saturated carbocycles. The van der Waals surface area contributed by atoms with Crippen molar-refractivity contribution in [3.8, 4) is 0 Å². The van der Waals surface area contributed by atoms with Crippen molar-refractivity contribution in [2.45, 2.75) is 32.2 Å². The van der Waals surface area contributed by atoms with Crippen LogP contribution in [0.4, 0.5) is 5.69 Å². The van der Waals surface area contributed by atoms with Crippen LogP contribution in [0.1, 0.15) is 26.3 Å². The number of fused-ring (bicyclic) bond motifs is 1. The third-order valence-corrected chi connectivity index (χ3v) is 3.81. The molecule has 1 atom stereocenters. The first-order valence-electron chi connectivity index (χ1n) is 4.59. The van der Waals surface area contributed by atoms with Gasteiger partial charge < -0.3 is 5.32 Å². The van der Waals surface area contributed by atoms with E-state index in [0.29, 0.717) is 6.04 Å². The molecule has 0 aliphatic carbocycles. The lowest BCUT2D eigenvalue weighted by Crippen LogP contribution is -2.29. The molecule has 0 spiro atoms. The molecule has 13 heavy (non-hydrogen) atoms. The average molecular weight is 240 g/mol. The molecule has 0 unspecified atom stereocenters. The van der Waals surface area contributed by atoms with Crippen molar-refractivity contribution in [2.75, 3.05) is 5.32 Å². The first kappa shape index (κ1) is 9.07. The van der Waals surface area contributed by atoms with Gasteiger partial charge in [0.25, 0.3) is 0 Å². The normalized spacial score (nSPS) is 23.8. The van der Waals surface area contributed by atoms with Crippen molar-refractivity contribution in [3.05, 3.63) is 28.2 Å². The van der Waals surface area contributed by atoms with Gasteiger partial charge in [0.1, 0.15) is 0 Å². The minimum absolute atomic E-state index is 0.235. The second-order valence-corrected chi connectivity index (χ2v) is 5.10. The number of rotatable bonds is 0. The molecule has 1 N–H and O–H groups in total. The second-order valence-electron chi connectivity index (χ2n) is 4.25. The lowest BCUT2D eigenvalue weighted by atomic mass is 9.81. The smallest absolute Gasteiger partial charge is 0.0525 e. The van der Waals surface area contributed by atoms with Crippen LogP contribution < -0.4 is 5.32 Å². The zero-order chi connectivity index (χ0) is 9.64. The third kappa shape index (κ3) is 1.19. The summed E-state index contributed by atoms with van der Waals surface area (Å²) in [5.74, 6) is 0. The zero-order valence-electron chi connectivity index (χ0n) is 8.19. The molecule has 0 saturated heterocycles. The zero-order valence-corrected chi connectivity index (χ0v) is 9.77. The van der Waals surface area contributed by atoms with E-state index in [0.717, 1.165) is 0 Å². The van der Waals surface area contributed by atoms with Crippen molar-refractivity contribution in [1.82, 2.24) is 0 Å². The Morgan fingerprint density at radius 1 is 1.38 bits per heavy atom. The summed E-state index contributed by atoms with van der Waals surface area (Å²) in [6, 6.07) is 6.89. The van der Waals surface area contributed by atoms with Crippen LogP contribution >= 0.6 is 15.9 Å². The highest BCUT2D eigenvalue weighted by Crippen LogP contribution is 2.43. The van der Waals surface area contributed by atoms with Gasteiger partial charge in [-0.25, -0.2) is 0 Å². The molecule has 1 aromatic rings. The van der Waals surface area contributed by atoms with Crippen molar-refractivity contribution >= 4 is 21.6 Å². The van der Waals surface area contributed by atoms with E-state index in [9.17, 15) is 0 Å². The van der Waals surface area contributed by atoms with Gasteiger partial charge in [-0.15, -0.1) is 0 Å². The van der Waals surface area contributed by atoms with Crippen molar-refractivity contribution in [3.63, 3.8) is 0 Å². The number of hydrogen-bond acceptors (Lipinski definition) is 1. The second kappa shape index (κ2) is 2.74. The Morgan fingerprint density at radius 3 is 2.69 bits per heavy atom. The van der Waals surface area contributed by atoms with Crippen LogP contribution in [0, 0.1) is 0 Å². The van der Waals surface area contributed by atoms with Crippen LogP contribution in [0.3, 0.4) is 0 Å². The Balaban J connectivity index is 2.61. The van der Waals surface area contributed by atoms with E-state index in [1.54, 1.807) is 0 Å². The van der Waals surface area contributed by atoms with E-state index in [4.69, 9.17) is 0 Å². The molecular weight excluding hydrogens is 226 g/mol. The minimum Gasteiger partial charge on any atom is -0.381 e. The quantitative estimate of drug-likeness (QED) is 0.731. The van der Waals surface area contributed by atoms with E-state index in [-0.39, 0.29) is 5.41 Å². The van der Waals surface area contributed by atoms with Gasteiger partial charge in [0, 0.05) is 15.9 Å². The van der Waals surface area contributed by atoms with Crippen molar-refractivity contribution < 1.29 is 0 Å². The van der Waals surface area contributed by atoms with Crippen LogP contribution in [-0.2, 0) is 5.41 Å². The molecule has 2 heteroatoms. The van der Waals surface area contributed by atoms with E-state index >= 15 is 0 Å². The predicted molar refractivity (Wildman–Crippen MR) is 60.3 cm³/mol. The summed E-state index contributed by atoms with van der Waals surface area (Å²) in [6.07, 6.45) is 0. The first-order chi connectivity index (χ1) is 6.03. The Labute approximate surface area is 87.7 Å². The summed E-state index contributed by atoms with van der Waals surface area (Å²) in [5, 5.41) is 3.51. The standard InChI is InChI=1S/C11H14BrN/c1-7-11(2,3)8-5-4-6-9(12)10(8)13-7/h4-7,13H,1-3H3/t7-/m0/s1. The summed E-state index contributed by atoms with van der Waals surface area (Å²) in [4.78, 5) is 0. The number of benzene rings is 1. The maximum Gasteiger partial charge on any atom is 0.0525 e. The lowest BCUT2D eigenvalue weighted by molar-refractivity contribution is 0.486. The molecule has 1 aliphatic heterocycles. The molecule has 0 radical (unpaired) electrons. The fourth-order valence-electron chi connectivity index (χ4n) is 1.84. The monoisotopic (exact) mass is 239 g/mol. The lowest BCUT2D eigenvalue weighted by Gasteiger charge is -2.23. The number of nitrogens with one attached hydrogen (secondary N) is 1. The maximum atomic E-state index is 3.56. The highest BCUT2D eigenvalue weighted by atomic mass is 79.9. The molecule has 70 valence electrons. The molecule has 0 bridgehead atoms. The molecule has 1 aromatic carbocycles. The Morgan fingerprint density at radius 2 is 2.08 bits per heavy atom. The molecule has 1 heterocycles. The molecule has 1 nitrogen and oxygen atoms in total. The van der Waals surface area contributed by atoms with Gasteiger partial charge in [0.05, 0.1) is 5.69 Å². The van der Waals surface area contributed by atoms with Gasteiger partial charge in [-0.05, 0) is 34.5 Å². The fourth-order valence-corrected chi connectivity index (χ4v) is 2.32. The van der Waals surface area contributed by atoms with Gasteiger partial charge in [0.15, 0.2) is 0 Å². The number of anilines is 1. The van der Waals surface area contributed by atoms with Crippen LogP contribution in [0.2, 0.25) is 0 Å². The highest BCUT2D eigenvalue weighted by molar-refractivity contribution is 9.10. The van der Waals surface area contributed by atoms with E-state index in [1.807, 2.05) is 0 Å². The van der Waals surface area contributed by atoms with Gasteiger partial charge >= 0.3 is 0 Å². The first-order valence-corrected chi connectivity index (χ1v) is 5.38. The Bertz CT molecular complexity index is 344. The van der Waals surface area contributed by atoms with Gasteiger partial charge in [-0.3, -0.25) is 0 Å². The molecule has 0 amide bonds. The minimum atomic E-state index is 0.235. The number of hydrogen-bond donors (Lipinski definition) is 1. The summed E-state index contributed by atoms with van der Waals surface area (Å²) in [5.41, 5.74) is 2.91. The SMILES string of the molecule is C[C@@H]1Nc2c(Br)cccc2C1(C)C. The van der Waals surface area contributed by atoms with Crippen molar-refractivity contribution in [1.29, 1.82) is 0 Å². The third-order valence-electron chi connectivity index (χ3n) is 3.15. The molecule has 1 aliphatic rings. The van der Waals surface area contributed by atoms with Crippen molar-refractivity contribution in [2.24, 2.45) is 0 Å². The summed E-state index contributed by atoms with van der Waals surface area (Å²) >= 11 is 3.56. The van der Waals surface area contributed by atoms with E-state index in [2.05, 4.69) is 60.2 Å². The van der Waals surface area contributed by atoms with Gasteiger partial charge in [0.2, 0.25) is 0 Å². The van der Waals surface area contributed by atoms with Crippen LogP contribution in [0.15, 0.2) is 22.7 Å². The molecule has 0 aromatic heterocycles. The van der Waals surface area contributed by atoms with Gasteiger partial charge in [-0.2, -0.15) is 0 Å². The maximum absolute atomic E-state index is 3.56. The fraction of sp³-hybridized carbons (Fsp3) is 0.455. The molecule has 0 fully saturated rings. The molecular formula is C11H14BrN. The van der Waals surface area contributed by atoms with Crippen LogP contribution in [0.25, 0.3) is 0 Å². The Hall–Kier alpha value is -0.500. The number of halogens is 1. The summed E-state index contributed by atoms with van der Waals surface area (Å²) in [7, 11) is 0. The van der Waals surface area contributed by atoms with Crippen LogP contribution in [0.5, 0.6) is 0 Å². The van der Waals surface area contributed by atoms with Crippen LogP contribution in [-0.4, -0.2) is 6.04 Å². The summed E-state index contributed by atoms with van der Waals surface area (Å²) < 4.78 is 1.17. The highest BCUT2D eigenvalue weighted by Gasteiger charge is 2.36. The average Bonchev–Trinajstić information content (AvgIpc) is 2.28.